The third-order valence-electron chi connectivity index (χ3n) is 5.12. The van der Waals surface area contributed by atoms with Crippen molar-refractivity contribution in [1.29, 1.82) is 0 Å². The fraction of sp³-hybridized carbons (Fsp3) is 0.0385. The average molecular weight is 456 g/mol. The Kier molecular flexibility index (Phi) is 5.50. The molecule has 0 radical (unpaired) electrons. The van der Waals surface area contributed by atoms with Crippen LogP contribution in [0.4, 0.5) is 5.69 Å². The lowest BCUT2D eigenvalue weighted by Crippen LogP contribution is -2.07. The fourth-order valence-corrected chi connectivity index (χ4v) is 3.57. The molecule has 0 fully saturated rings. The molecule has 162 valence electrons. The van der Waals surface area contributed by atoms with Crippen LogP contribution in [0.3, 0.4) is 0 Å². The van der Waals surface area contributed by atoms with Gasteiger partial charge in [0, 0.05) is 34.1 Å². The molecule has 2 aromatic carbocycles. The van der Waals surface area contributed by atoms with Crippen molar-refractivity contribution in [1.82, 2.24) is 9.97 Å². The van der Waals surface area contributed by atoms with Crippen LogP contribution in [0.15, 0.2) is 87.8 Å². The fourth-order valence-electron chi connectivity index (χ4n) is 3.39. The van der Waals surface area contributed by atoms with E-state index in [-0.39, 0.29) is 5.91 Å². The van der Waals surface area contributed by atoms with Gasteiger partial charge in [-0.05, 0) is 73.2 Å². The van der Waals surface area contributed by atoms with Crippen LogP contribution < -0.4 is 5.32 Å². The number of nitrogens with zero attached hydrogens (tertiary/aromatic N) is 2. The maximum absolute atomic E-state index is 12.3. The van der Waals surface area contributed by atoms with Gasteiger partial charge in [0.2, 0.25) is 11.8 Å². The van der Waals surface area contributed by atoms with Gasteiger partial charge in [0.15, 0.2) is 11.2 Å². The Labute approximate surface area is 194 Å². The second kappa shape index (κ2) is 8.76. The zero-order valence-electron chi connectivity index (χ0n) is 17.6. The number of aromatic nitrogens is 2. The standard InChI is InChI=1S/C26H18ClN3O3/c1-16-20(4-2-5-21(16)27)22-13-11-19(32-22)12-14-24(31)29-18-9-7-17(8-10-18)26-30-25-23(33-26)6-3-15-28-25/h2-15H,1H3,(H,29,31)/b14-12+. The predicted octanol–water partition coefficient (Wildman–Crippen LogP) is 6.76. The van der Waals surface area contributed by atoms with Crippen molar-refractivity contribution in [2.24, 2.45) is 0 Å². The Balaban J connectivity index is 1.25. The summed E-state index contributed by atoms with van der Waals surface area (Å²) < 4.78 is 11.6. The number of hydrogen-bond donors (Lipinski definition) is 1. The Morgan fingerprint density at radius 2 is 1.85 bits per heavy atom. The molecule has 33 heavy (non-hydrogen) atoms. The summed E-state index contributed by atoms with van der Waals surface area (Å²) in [6, 6.07) is 20.2. The molecular weight excluding hydrogens is 438 g/mol. The van der Waals surface area contributed by atoms with Crippen LogP contribution in [0.2, 0.25) is 5.02 Å². The molecule has 3 aromatic heterocycles. The van der Waals surface area contributed by atoms with Gasteiger partial charge in [-0.2, -0.15) is 4.98 Å². The predicted molar refractivity (Wildman–Crippen MR) is 129 cm³/mol. The molecule has 7 heteroatoms. The number of hydrogen-bond acceptors (Lipinski definition) is 5. The Bertz CT molecular complexity index is 1450. The van der Waals surface area contributed by atoms with Crippen LogP contribution in [-0.2, 0) is 4.79 Å². The number of nitrogens with one attached hydrogen (secondary N) is 1. The van der Waals surface area contributed by atoms with Crippen molar-refractivity contribution in [3.8, 4) is 22.8 Å². The van der Waals surface area contributed by atoms with Gasteiger partial charge >= 0.3 is 0 Å². The van der Waals surface area contributed by atoms with E-state index in [1.807, 2.05) is 55.5 Å². The zero-order valence-corrected chi connectivity index (χ0v) is 18.3. The molecule has 0 aliphatic rings. The van der Waals surface area contributed by atoms with E-state index in [0.717, 1.165) is 16.7 Å². The quantitative estimate of drug-likeness (QED) is 0.296. The Hall–Kier alpha value is -4.16. The summed E-state index contributed by atoms with van der Waals surface area (Å²) in [5, 5.41) is 3.50. The van der Waals surface area contributed by atoms with Crippen molar-refractivity contribution < 1.29 is 13.6 Å². The highest BCUT2D eigenvalue weighted by Crippen LogP contribution is 2.30. The number of anilines is 1. The number of amides is 1. The number of carbonyl (C=O) groups is 1. The molecule has 0 atom stereocenters. The minimum absolute atomic E-state index is 0.273. The molecule has 0 bridgehead atoms. The van der Waals surface area contributed by atoms with Gasteiger partial charge in [-0.1, -0.05) is 23.7 Å². The zero-order chi connectivity index (χ0) is 22.8. The van der Waals surface area contributed by atoms with Crippen LogP contribution in [0.25, 0.3) is 40.1 Å². The van der Waals surface area contributed by atoms with E-state index in [1.54, 1.807) is 30.5 Å². The second-order valence-electron chi connectivity index (χ2n) is 7.36. The van der Waals surface area contributed by atoms with Crippen LogP contribution in [-0.4, -0.2) is 15.9 Å². The molecular formula is C26H18ClN3O3. The summed E-state index contributed by atoms with van der Waals surface area (Å²) in [6.07, 6.45) is 4.72. The molecule has 0 saturated carbocycles. The van der Waals surface area contributed by atoms with Crippen LogP contribution in [0.1, 0.15) is 11.3 Å². The molecule has 3 heterocycles. The number of furan rings is 1. The maximum Gasteiger partial charge on any atom is 0.248 e. The molecule has 0 aliphatic heterocycles. The number of rotatable bonds is 5. The average Bonchev–Trinajstić information content (AvgIpc) is 3.47. The molecule has 1 amide bonds. The monoisotopic (exact) mass is 455 g/mol. The molecule has 0 saturated heterocycles. The van der Waals surface area contributed by atoms with Gasteiger partial charge < -0.3 is 14.2 Å². The summed E-state index contributed by atoms with van der Waals surface area (Å²) >= 11 is 6.19. The first kappa shape index (κ1) is 20.7. The van der Waals surface area contributed by atoms with E-state index in [1.165, 1.54) is 6.08 Å². The number of oxazole rings is 1. The van der Waals surface area contributed by atoms with Gasteiger partial charge in [0.05, 0.1) is 0 Å². The van der Waals surface area contributed by atoms with Gasteiger partial charge in [-0.15, -0.1) is 0 Å². The topological polar surface area (TPSA) is 81.2 Å². The van der Waals surface area contributed by atoms with E-state index in [4.69, 9.17) is 20.4 Å². The highest BCUT2D eigenvalue weighted by Gasteiger charge is 2.10. The van der Waals surface area contributed by atoms with Crippen LogP contribution in [0, 0.1) is 6.92 Å². The van der Waals surface area contributed by atoms with Gasteiger partial charge in [0.1, 0.15) is 11.5 Å². The summed E-state index contributed by atoms with van der Waals surface area (Å²) in [4.78, 5) is 20.9. The summed E-state index contributed by atoms with van der Waals surface area (Å²) in [5.74, 6) is 1.47. The minimum Gasteiger partial charge on any atom is -0.457 e. The first-order valence-corrected chi connectivity index (χ1v) is 10.6. The largest absolute Gasteiger partial charge is 0.457 e. The molecule has 5 rings (SSSR count). The SMILES string of the molecule is Cc1c(Cl)cccc1-c1ccc(/C=C/C(=O)Nc2ccc(-c3nc4ncccc4o3)cc2)o1. The summed E-state index contributed by atoms with van der Waals surface area (Å²) in [6.45, 7) is 1.94. The van der Waals surface area contributed by atoms with Gasteiger partial charge in [-0.3, -0.25) is 4.79 Å². The first-order chi connectivity index (χ1) is 16.1. The van der Waals surface area contributed by atoms with E-state index >= 15 is 0 Å². The van der Waals surface area contributed by atoms with Crippen molar-refractivity contribution in [3.05, 3.63) is 95.3 Å². The van der Waals surface area contributed by atoms with E-state index in [9.17, 15) is 4.79 Å². The van der Waals surface area contributed by atoms with Crippen LogP contribution in [0.5, 0.6) is 0 Å². The molecule has 1 N–H and O–H groups in total. The smallest absolute Gasteiger partial charge is 0.248 e. The van der Waals surface area contributed by atoms with E-state index in [0.29, 0.717) is 39.4 Å². The van der Waals surface area contributed by atoms with Gasteiger partial charge in [-0.25, -0.2) is 4.98 Å². The lowest BCUT2D eigenvalue weighted by molar-refractivity contribution is -0.111. The number of benzene rings is 2. The third-order valence-corrected chi connectivity index (χ3v) is 5.53. The second-order valence-corrected chi connectivity index (χ2v) is 7.77. The first-order valence-electron chi connectivity index (χ1n) is 10.2. The van der Waals surface area contributed by atoms with Crippen molar-refractivity contribution in [2.45, 2.75) is 6.92 Å². The summed E-state index contributed by atoms with van der Waals surface area (Å²) in [7, 11) is 0. The lowest BCUT2D eigenvalue weighted by atomic mass is 10.1. The molecule has 5 aromatic rings. The number of carbonyl (C=O) groups excluding carboxylic acids is 1. The van der Waals surface area contributed by atoms with Crippen molar-refractivity contribution >= 4 is 40.5 Å². The molecule has 0 unspecified atom stereocenters. The minimum atomic E-state index is -0.273. The number of pyridine rings is 1. The maximum atomic E-state index is 12.3. The number of fused-ring (bicyclic) bond motifs is 1. The highest BCUT2D eigenvalue weighted by atomic mass is 35.5. The third kappa shape index (κ3) is 4.42. The summed E-state index contributed by atoms with van der Waals surface area (Å²) in [5.41, 5.74) is 4.49. The Morgan fingerprint density at radius 1 is 1.00 bits per heavy atom. The molecule has 0 spiro atoms. The lowest BCUT2D eigenvalue weighted by Gasteiger charge is -2.04. The number of halogens is 1. The van der Waals surface area contributed by atoms with Crippen molar-refractivity contribution in [3.63, 3.8) is 0 Å². The highest BCUT2D eigenvalue weighted by molar-refractivity contribution is 6.31. The van der Waals surface area contributed by atoms with E-state index in [2.05, 4.69) is 15.3 Å². The van der Waals surface area contributed by atoms with E-state index < -0.39 is 0 Å². The Morgan fingerprint density at radius 3 is 2.67 bits per heavy atom. The normalized spacial score (nSPS) is 11.3. The molecule has 0 aliphatic carbocycles. The van der Waals surface area contributed by atoms with Crippen molar-refractivity contribution in [2.75, 3.05) is 5.32 Å². The van der Waals surface area contributed by atoms with Crippen LogP contribution >= 0.6 is 11.6 Å². The van der Waals surface area contributed by atoms with Gasteiger partial charge in [0.25, 0.3) is 0 Å². The molecule has 6 nitrogen and oxygen atoms in total.